The van der Waals surface area contributed by atoms with Crippen LogP contribution in [0.15, 0.2) is 18.2 Å². The van der Waals surface area contributed by atoms with Crippen LogP contribution in [0.2, 0.25) is 10.0 Å². The first kappa shape index (κ1) is 21.9. The van der Waals surface area contributed by atoms with Crippen LogP contribution in [0, 0.1) is 0 Å². The molecule has 1 aromatic rings. The van der Waals surface area contributed by atoms with Crippen LogP contribution in [0.4, 0.5) is 5.69 Å². The zero-order valence-corrected chi connectivity index (χ0v) is 17.7. The minimum absolute atomic E-state index is 0.0865. The molecule has 2 aliphatic rings. The van der Waals surface area contributed by atoms with Crippen molar-refractivity contribution < 1.29 is 14.4 Å². The van der Waals surface area contributed by atoms with Crippen molar-refractivity contribution in [2.45, 2.75) is 50.6 Å². The number of rotatable bonds is 5. The van der Waals surface area contributed by atoms with Crippen molar-refractivity contribution in [1.29, 1.82) is 0 Å². The maximum Gasteiger partial charge on any atom is 0.242 e. The molecule has 3 rings (SSSR count). The van der Waals surface area contributed by atoms with Gasteiger partial charge in [-0.2, -0.15) is 0 Å². The molecule has 158 valence electrons. The van der Waals surface area contributed by atoms with Crippen LogP contribution in [-0.2, 0) is 14.4 Å². The molecule has 0 spiro atoms. The number of carbonyl (C=O) groups excluding carboxylic acids is 3. The Balaban J connectivity index is 1.59. The average molecular weight is 441 g/mol. The molecule has 0 saturated carbocycles. The zero-order chi connectivity index (χ0) is 20.8. The first-order valence-electron chi connectivity index (χ1n) is 10.0. The SMILES string of the molecule is O=C(CN1CCCCC1C(=O)Nc1ccc(Cl)c(Cl)c1)NC1CCCCNC1=O. The molecule has 3 N–H and O–H groups in total. The number of halogens is 2. The van der Waals surface area contributed by atoms with E-state index in [0.29, 0.717) is 41.7 Å². The van der Waals surface area contributed by atoms with Gasteiger partial charge in [-0.05, 0) is 56.8 Å². The van der Waals surface area contributed by atoms with E-state index in [2.05, 4.69) is 16.0 Å². The van der Waals surface area contributed by atoms with Gasteiger partial charge in [0.2, 0.25) is 17.7 Å². The summed E-state index contributed by atoms with van der Waals surface area (Å²) in [4.78, 5) is 39.3. The molecule has 2 unspecified atom stereocenters. The van der Waals surface area contributed by atoms with Gasteiger partial charge < -0.3 is 16.0 Å². The van der Waals surface area contributed by atoms with Gasteiger partial charge >= 0.3 is 0 Å². The molecule has 9 heteroatoms. The van der Waals surface area contributed by atoms with E-state index in [4.69, 9.17) is 23.2 Å². The monoisotopic (exact) mass is 440 g/mol. The average Bonchev–Trinajstić information content (AvgIpc) is 2.89. The Morgan fingerprint density at radius 1 is 1.10 bits per heavy atom. The lowest BCUT2D eigenvalue weighted by atomic mass is 10.0. The largest absolute Gasteiger partial charge is 0.354 e. The second-order valence-electron chi connectivity index (χ2n) is 7.51. The normalized spacial score (nSPS) is 23.0. The van der Waals surface area contributed by atoms with Crippen LogP contribution in [0.25, 0.3) is 0 Å². The minimum atomic E-state index is -0.502. The molecule has 0 radical (unpaired) electrons. The first-order chi connectivity index (χ1) is 13.9. The number of hydrogen-bond donors (Lipinski definition) is 3. The van der Waals surface area contributed by atoms with Gasteiger partial charge in [0.05, 0.1) is 22.6 Å². The third-order valence-corrected chi connectivity index (χ3v) is 6.06. The van der Waals surface area contributed by atoms with Gasteiger partial charge in [0, 0.05) is 12.2 Å². The lowest BCUT2D eigenvalue weighted by Gasteiger charge is -2.34. The number of amides is 3. The third kappa shape index (κ3) is 6.07. The number of benzene rings is 1. The van der Waals surface area contributed by atoms with Gasteiger partial charge in [-0.25, -0.2) is 0 Å². The summed E-state index contributed by atoms with van der Waals surface area (Å²) in [5.74, 6) is -0.548. The van der Waals surface area contributed by atoms with Crippen LogP contribution in [0.5, 0.6) is 0 Å². The Hall–Kier alpha value is -1.83. The summed E-state index contributed by atoms with van der Waals surface area (Å²) in [7, 11) is 0. The van der Waals surface area contributed by atoms with Crippen molar-refractivity contribution in [3.8, 4) is 0 Å². The summed E-state index contributed by atoms with van der Waals surface area (Å²) >= 11 is 11.9. The van der Waals surface area contributed by atoms with E-state index in [-0.39, 0.29) is 24.3 Å². The second kappa shape index (κ2) is 10.3. The summed E-state index contributed by atoms with van der Waals surface area (Å²) in [6.45, 7) is 1.39. The molecule has 7 nitrogen and oxygen atoms in total. The molecule has 2 saturated heterocycles. The van der Waals surface area contributed by atoms with E-state index >= 15 is 0 Å². The summed E-state index contributed by atoms with van der Waals surface area (Å²) in [5.41, 5.74) is 0.564. The summed E-state index contributed by atoms with van der Waals surface area (Å²) in [6, 6.07) is 4.01. The topological polar surface area (TPSA) is 90.5 Å². The maximum atomic E-state index is 12.8. The standard InChI is InChI=1S/C20H26Cl2N4O3/c21-14-8-7-13(11-15(14)22)24-20(29)17-6-2-4-10-26(17)12-18(27)25-16-5-1-3-9-23-19(16)28/h7-8,11,16-17H,1-6,9-10,12H2,(H,23,28)(H,24,29)(H,25,27). The molecule has 0 aromatic heterocycles. The van der Waals surface area contributed by atoms with Gasteiger partial charge in [-0.15, -0.1) is 0 Å². The summed E-state index contributed by atoms with van der Waals surface area (Å²) in [5, 5.41) is 9.28. The molecule has 1 aromatic carbocycles. The van der Waals surface area contributed by atoms with Gasteiger partial charge in [0.1, 0.15) is 6.04 Å². The Morgan fingerprint density at radius 2 is 1.90 bits per heavy atom. The number of likely N-dealkylation sites (tertiary alicyclic amines) is 1. The van der Waals surface area contributed by atoms with E-state index in [1.54, 1.807) is 18.2 Å². The van der Waals surface area contributed by atoms with Crippen molar-refractivity contribution in [1.82, 2.24) is 15.5 Å². The molecule has 2 heterocycles. The molecule has 2 fully saturated rings. The molecule has 0 bridgehead atoms. The van der Waals surface area contributed by atoms with Gasteiger partial charge in [-0.1, -0.05) is 29.6 Å². The van der Waals surface area contributed by atoms with Crippen LogP contribution in [-0.4, -0.2) is 54.3 Å². The van der Waals surface area contributed by atoms with Crippen molar-refractivity contribution in [3.05, 3.63) is 28.2 Å². The van der Waals surface area contributed by atoms with Crippen molar-refractivity contribution >= 4 is 46.6 Å². The summed E-state index contributed by atoms with van der Waals surface area (Å²) < 4.78 is 0. The van der Waals surface area contributed by atoms with Gasteiger partial charge in [0.25, 0.3) is 0 Å². The Bertz CT molecular complexity index is 774. The molecular weight excluding hydrogens is 415 g/mol. The highest BCUT2D eigenvalue weighted by atomic mass is 35.5. The van der Waals surface area contributed by atoms with E-state index < -0.39 is 12.1 Å². The second-order valence-corrected chi connectivity index (χ2v) is 8.32. The molecule has 29 heavy (non-hydrogen) atoms. The fourth-order valence-corrected chi connectivity index (χ4v) is 4.08. The van der Waals surface area contributed by atoms with E-state index in [1.165, 1.54) is 0 Å². The number of nitrogens with one attached hydrogen (secondary N) is 3. The molecule has 2 aliphatic heterocycles. The predicted molar refractivity (Wildman–Crippen MR) is 113 cm³/mol. The first-order valence-corrected chi connectivity index (χ1v) is 10.8. The number of hydrogen-bond acceptors (Lipinski definition) is 4. The highest BCUT2D eigenvalue weighted by Gasteiger charge is 2.31. The molecule has 2 atom stereocenters. The van der Waals surface area contributed by atoms with Gasteiger partial charge in [-0.3, -0.25) is 19.3 Å². The number of carbonyl (C=O) groups is 3. The fourth-order valence-electron chi connectivity index (χ4n) is 3.78. The highest BCUT2D eigenvalue weighted by molar-refractivity contribution is 6.42. The number of nitrogens with zero attached hydrogens (tertiary/aromatic N) is 1. The quantitative estimate of drug-likeness (QED) is 0.655. The van der Waals surface area contributed by atoms with Crippen LogP contribution in [0.1, 0.15) is 38.5 Å². The molecular formula is C20H26Cl2N4O3. The molecule has 3 amide bonds. The van der Waals surface area contributed by atoms with E-state index in [0.717, 1.165) is 25.7 Å². The highest BCUT2D eigenvalue weighted by Crippen LogP contribution is 2.26. The van der Waals surface area contributed by atoms with Crippen molar-refractivity contribution in [3.63, 3.8) is 0 Å². The van der Waals surface area contributed by atoms with E-state index in [1.807, 2.05) is 4.90 Å². The minimum Gasteiger partial charge on any atom is -0.354 e. The van der Waals surface area contributed by atoms with E-state index in [9.17, 15) is 14.4 Å². The van der Waals surface area contributed by atoms with Crippen LogP contribution >= 0.6 is 23.2 Å². The summed E-state index contributed by atoms with van der Waals surface area (Å²) in [6.07, 6.45) is 4.96. The van der Waals surface area contributed by atoms with Crippen LogP contribution in [0.3, 0.4) is 0 Å². The Kier molecular flexibility index (Phi) is 7.75. The zero-order valence-electron chi connectivity index (χ0n) is 16.2. The van der Waals surface area contributed by atoms with Crippen molar-refractivity contribution in [2.75, 3.05) is 25.0 Å². The Morgan fingerprint density at radius 3 is 2.69 bits per heavy atom. The lowest BCUT2D eigenvalue weighted by Crippen LogP contribution is -2.53. The maximum absolute atomic E-state index is 12.8. The number of anilines is 1. The van der Waals surface area contributed by atoms with Crippen LogP contribution < -0.4 is 16.0 Å². The van der Waals surface area contributed by atoms with Crippen molar-refractivity contribution in [2.24, 2.45) is 0 Å². The number of piperidine rings is 1. The smallest absolute Gasteiger partial charge is 0.242 e. The van der Waals surface area contributed by atoms with Gasteiger partial charge in [0.15, 0.2) is 0 Å². The Labute approximate surface area is 180 Å². The predicted octanol–water partition coefficient (Wildman–Crippen LogP) is 2.57. The molecule has 0 aliphatic carbocycles. The third-order valence-electron chi connectivity index (χ3n) is 5.32. The fraction of sp³-hybridized carbons (Fsp3) is 0.550. The lowest BCUT2D eigenvalue weighted by molar-refractivity contribution is -0.131.